The predicted molar refractivity (Wildman–Crippen MR) is 64.8 cm³/mol. The minimum absolute atomic E-state index is 0.162. The minimum atomic E-state index is -1.41. The highest BCUT2D eigenvalue weighted by Crippen LogP contribution is 2.19. The van der Waals surface area contributed by atoms with Crippen LogP contribution in [0.3, 0.4) is 0 Å². The van der Waals surface area contributed by atoms with Gasteiger partial charge in [-0.1, -0.05) is 0 Å². The molecule has 0 aliphatic rings. The predicted octanol–water partition coefficient (Wildman–Crippen LogP) is 1.16. The van der Waals surface area contributed by atoms with Crippen molar-refractivity contribution in [2.75, 3.05) is 11.9 Å². The van der Waals surface area contributed by atoms with E-state index in [9.17, 15) is 14.0 Å². The standard InChI is InChI=1S/C10H10BrFN2O4/c11-6-2-1-5(3-7(6)12)13-10(18)14-8(4-15)9(16)17/h1-3,8,15H,4H2,(H,16,17)(H2,13,14,18)/t8-/m0/s1. The molecule has 0 saturated carbocycles. The number of rotatable bonds is 4. The molecule has 0 saturated heterocycles. The average Bonchev–Trinajstić information content (AvgIpc) is 2.30. The fraction of sp³-hybridized carbons (Fsp3) is 0.200. The molecule has 18 heavy (non-hydrogen) atoms. The van der Waals surface area contributed by atoms with Crippen molar-refractivity contribution in [1.29, 1.82) is 0 Å². The smallest absolute Gasteiger partial charge is 0.328 e. The summed E-state index contributed by atoms with van der Waals surface area (Å²) in [5.74, 6) is -1.93. The van der Waals surface area contributed by atoms with Crippen LogP contribution in [0, 0.1) is 5.82 Å². The zero-order valence-electron chi connectivity index (χ0n) is 8.98. The maximum Gasteiger partial charge on any atom is 0.328 e. The van der Waals surface area contributed by atoms with Crippen LogP contribution in [0.15, 0.2) is 22.7 Å². The van der Waals surface area contributed by atoms with Gasteiger partial charge in [0.05, 0.1) is 11.1 Å². The van der Waals surface area contributed by atoms with E-state index in [1.165, 1.54) is 12.1 Å². The minimum Gasteiger partial charge on any atom is -0.480 e. The Hall–Kier alpha value is -1.67. The number of benzene rings is 1. The lowest BCUT2D eigenvalue weighted by Gasteiger charge is -2.12. The molecule has 0 spiro atoms. The third-order valence-corrected chi connectivity index (χ3v) is 2.61. The average molecular weight is 321 g/mol. The Morgan fingerprint density at radius 3 is 2.61 bits per heavy atom. The topological polar surface area (TPSA) is 98.7 Å². The van der Waals surface area contributed by atoms with Crippen LogP contribution < -0.4 is 10.6 Å². The zero-order valence-corrected chi connectivity index (χ0v) is 10.6. The first-order chi connectivity index (χ1) is 8.43. The molecular weight excluding hydrogens is 311 g/mol. The number of carbonyl (C=O) groups excluding carboxylic acids is 1. The van der Waals surface area contributed by atoms with E-state index >= 15 is 0 Å². The monoisotopic (exact) mass is 320 g/mol. The number of hydrogen-bond donors (Lipinski definition) is 4. The van der Waals surface area contributed by atoms with Gasteiger partial charge in [0.1, 0.15) is 5.82 Å². The molecule has 98 valence electrons. The summed E-state index contributed by atoms with van der Waals surface area (Å²) in [5.41, 5.74) is 0.162. The Morgan fingerprint density at radius 1 is 1.44 bits per heavy atom. The number of halogens is 2. The van der Waals surface area contributed by atoms with Crippen molar-refractivity contribution in [2.24, 2.45) is 0 Å². The van der Waals surface area contributed by atoms with Crippen LogP contribution in [-0.2, 0) is 4.79 Å². The molecule has 0 aliphatic heterocycles. The first-order valence-corrected chi connectivity index (χ1v) is 5.59. The third kappa shape index (κ3) is 3.97. The van der Waals surface area contributed by atoms with Crippen LogP contribution in [0.5, 0.6) is 0 Å². The van der Waals surface area contributed by atoms with E-state index in [1.807, 2.05) is 5.32 Å². The summed E-state index contributed by atoms with van der Waals surface area (Å²) in [6.07, 6.45) is 0. The van der Waals surface area contributed by atoms with E-state index in [1.54, 1.807) is 0 Å². The number of amides is 2. The summed E-state index contributed by atoms with van der Waals surface area (Å²) < 4.78 is 13.4. The van der Waals surface area contributed by atoms with Crippen LogP contribution in [-0.4, -0.2) is 34.9 Å². The van der Waals surface area contributed by atoms with E-state index < -0.39 is 30.5 Å². The SMILES string of the molecule is O=C(Nc1ccc(Br)c(F)c1)N[C@@H](CO)C(=O)O. The Morgan fingerprint density at radius 2 is 2.11 bits per heavy atom. The number of aliphatic hydroxyl groups excluding tert-OH is 1. The first kappa shape index (κ1) is 14.4. The van der Waals surface area contributed by atoms with Crippen LogP contribution in [0.4, 0.5) is 14.9 Å². The molecule has 0 unspecified atom stereocenters. The number of nitrogens with one attached hydrogen (secondary N) is 2. The van der Waals surface area contributed by atoms with Gasteiger partial charge in [0.25, 0.3) is 0 Å². The molecule has 0 heterocycles. The molecule has 0 fully saturated rings. The van der Waals surface area contributed by atoms with Gasteiger partial charge < -0.3 is 20.8 Å². The molecule has 4 N–H and O–H groups in total. The van der Waals surface area contributed by atoms with Crippen molar-refractivity contribution in [3.63, 3.8) is 0 Å². The van der Waals surface area contributed by atoms with Gasteiger partial charge in [-0.05, 0) is 34.1 Å². The molecule has 0 aromatic heterocycles. The van der Waals surface area contributed by atoms with E-state index in [-0.39, 0.29) is 10.2 Å². The lowest BCUT2D eigenvalue weighted by molar-refractivity contribution is -0.140. The highest BCUT2D eigenvalue weighted by Gasteiger charge is 2.18. The Bertz CT molecular complexity index is 469. The van der Waals surface area contributed by atoms with Gasteiger partial charge in [0.2, 0.25) is 0 Å². The van der Waals surface area contributed by atoms with Crippen LogP contribution in [0.1, 0.15) is 0 Å². The summed E-state index contributed by atoms with van der Waals surface area (Å²) in [7, 11) is 0. The van der Waals surface area contributed by atoms with E-state index in [2.05, 4.69) is 21.2 Å². The molecule has 1 rings (SSSR count). The van der Waals surface area contributed by atoms with Crippen molar-refractivity contribution in [3.05, 3.63) is 28.5 Å². The number of carboxylic acid groups (broad SMARTS) is 1. The van der Waals surface area contributed by atoms with Gasteiger partial charge in [-0.3, -0.25) is 0 Å². The molecular formula is C10H10BrFN2O4. The second-order valence-electron chi connectivity index (χ2n) is 3.30. The zero-order chi connectivity index (χ0) is 13.7. The van der Waals surface area contributed by atoms with E-state index in [4.69, 9.17) is 10.2 Å². The maximum atomic E-state index is 13.1. The molecule has 1 aromatic rings. The van der Waals surface area contributed by atoms with Crippen LogP contribution in [0.25, 0.3) is 0 Å². The quantitative estimate of drug-likeness (QED) is 0.669. The molecule has 0 bridgehead atoms. The second kappa shape index (κ2) is 6.31. The first-order valence-electron chi connectivity index (χ1n) is 4.80. The normalized spacial score (nSPS) is 11.7. The van der Waals surface area contributed by atoms with Gasteiger partial charge >= 0.3 is 12.0 Å². The summed E-state index contributed by atoms with van der Waals surface area (Å²) in [5, 5.41) is 21.6. The van der Waals surface area contributed by atoms with Gasteiger partial charge in [-0.25, -0.2) is 14.0 Å². The summed E-state index contributed by atoms with van der Waals surface area (Å²) in [6.45, 7) is -0.739. The number of anilines is 1. The number of carboxylic acids is 1. The molecule has 0 aliphatic carbocycles. The molecule has 8 heteroatoms. The van der Waals surface area contributed by atoms with Gasteiger partial charge in [0.15, 0.2) is 6.04 Å². The number of carbonyl (C=O) groups is 2. The van der Waals surface area contributed by atoms with E-state index in [0.717, 1.165) is 6.07 Å². The fourth-order valence-corrected chi connectivity index (χ4v) is 1.33. The molecule has 1 aromatic carbocycles. The van der Waals surface area contributed by atoms with Gasteiger partial charge in [-0.2, -0.15) is 0 Å². The third-order valence-electron chi connectivity index (χ3n) is 1.96. The largest absolute Gasteiger partial charge is 0.480 e. The fourth-order valence-electron chi connectivity index (χ4n) is 1.08. The lowest BCUT2D eigenvalue weighted by atomic mass is 10.3. The summed E-state index contributed by atoms with van der Waals surface area (Å²) in [4.78, 5) is 21.9. The van der Waals surface area contributed by atoms with Crippen LogP contribution >= 0.6 is 15.9 Å². The number of hydrogen-bond acceptors (Lipinski definition) is 3. The van der Waals surface area contributed by atoms with Crippen molar-refractivity contribution >= 4 is 33.6 Å². The van der Waals surface area contributed by atoms with Crippen molar-refractivity contribution < 1.29 is 24.2 Å². The molecule has 1 atom stereocenters. The Balaban J connectivity index is 2.64. The molecule has 0 radical (unpaired) electrons. The maximum absolute atomic E-state index is 13.1. The van der Waals surface area contributed by atoms with Crippen molar-refractivity contribution in [1.82, 2.24) is 5.32 Å². The summed E-state index contributed by atoms with van der Waals surface area (Å²) >= 11 is 2.95. The lowest BCUT2D eigenvalue weighted by Crippen LogP contribution is -2.45. The summed E-state index contributed by atoms with van der Waals surface area (Å²) in [6, 6.07) is 1.63. The number of aliphatic carboxylic acids is 1. The van der Waals surface area contributed by atoms with Crippen LogP contribution in [0.2, 0.25) is 0 Å². The van der Waals surface area contributed by atoms with E-state index in [0.29, 0.717) is 0 Å². The number of urea groups is 1. The van der Waals surface area contributed by atoms with Crippen molar-refractivity contribution in [2.45, 2.75) is 6.04 Å². The number of aliphatic hydroxyl groups is 1. The Kier molecular flexibility index (Phi) is 5.05. The molecule has 2 amide bonds. The second-order valence-corrected chi connectivity index (χ2v) is 4.16. The highest BCUT2D eigenvalue weighted by molar-refractivity contribution is 9.10. The van der Waals surface area contributed by atoms with Crippen molar-refractivity contribution in [3.8, 4) is 0 Å². The molecule has 6 nitrogen and oxygen atoms in total. The van der Waals surface area contributed by atoms with Gasteiger partial charge in [-0.15, -0.1) is 0 Å². The van der Waals surface area contributed by atoms with Gasteiger partial charge in [0, 0.05) is 5.69 Å². The highest BCUT2D eigenvalue weighted by atomic mass is 79.9. The Labute approximate surface area is 110 Å².